The first-order valence-electron chi connectivity index (χ1n) is 6.72. The molecule has 1 heterocycles. The van der Waals surface area contributed by atoms with Crippen molar-refractivity contribution < 1.29 is 4.79 Å². The van der Waals surface area contributed by atoms with E-state index in [0.717, 1.165) is 30.7 Å². The van der Waals surface area contributed by atoms with Crippen molar-refractivity contribution in [1.29, 1.82) is 0 Å². The molecule has 0 fully saturated rings. The van der Waals surface area contributed by atoms with Gasteiger partial charge in [-0.05, 0) is 12.8 Å². The van der Waals surface area contributed by atoms with E-state index in [9.17, 15) is 4.79 Å². The number of anilines is 1. The summed E-state index contributed by atoms with van der Waals surface area (Å²) < 4.78 is 0. The van der Waals surface area contributed by atoms with Crippen LogP contribution in [0.15, 0.2) is 0 Å². The first kappa shape index (κ1) is 15.1. The zero-order valence-electron chi connectivity index (χ0n) is 11.7. The first-order valence-corrected chi connectivity index (χ1v) is 7.54. The lowest BCUT2D eigenvalue weighted by Crippen LogP contribution is -2.22. The minimum Gasteiger partial charge on any atom is -0.300 e. The molecule has 1 amide bonds. The molecule has 0 saturated heterocycles. The van der Waals surface area contributed by atoms with Crippen LogP contribution < -0.4 is 5.32 Å². The van der Waals surface area contributed by atoms with Gasteiger partial charge in [0, 0.05) is 11.8 Å². The number of rotatable bonds is 7. The van der Waals surface area contributed by atoms with E-state index in [1.54, 1.807) is 0 Å². The van der Waals surface area contributed by atoms with Crippen molar-refractivity contribution in [2.24, 2.45) is 5.92 Å². The fourth-order valence-corrected chi connectivity index (χ4v) is 2.45. The largest absolute Gasteiger partial charge is 0.300 e. The Morgan fingerprint density at radius 2 is 2.06 bits per heavy atom. The van der Waals surface area contributed by atoms with Crippen LogP contribution in [-0.2, 0) is 4.79 Å². The molecule has 102 valence electrons. The van der Waals surface area contributed by atoms with Gasteiger partial charge in [-0.3, -0.25) is 4.79 Å². The van der Waals surface area contributed by atoms with Gasteiger partial charge < -0.3 is 5.32 Å². The lowest BCUT2D eigenvalue weighted by Gasteiger charge is -2.12. The van der Waals surface area contributed by atoms with Gasteiger partial charge in [-0.15, -0.1) is 10.2 Å². The second-order valence-electron chi connectivity index (χ2n) is 4.84. The van der Waals surface area contributed by atoms with Crippen molar-refractivity contribution in [3.8, 4) is 0 Å². The Morgan fingerprint density at radius 1 is 1.33 bits per heavy atom. The number of unbranched alkanes of at least 4 members (excludes halogenated alkanes) is 1. The summed E-state index contributed by atoms with van der Waals surface area (Å²) in [4.78, 5) is 12.1. The summed E-state index contributed by atoms with van der Waals surface area (Å²) in [6, 6.07) is 0. The summed E-state index contributed by atoms with van der Waals surface area (Å²) in [7, 11) is 0. The van der Waals surface area contributed by atoms with Crippen molar-refractivity contribution in [2.75, 3.05) is 5.32 Å². The van der Waals surface area contributed by atoms with Crippen LogP contribution in [0.1, 0.15) is 64.3 Å². The Kier molecular flexibility index (Phi) is 6.25. The molecule has 1 aromatic rings. The molecule has 0 bridgehead atoms. The molecule has 18 heavy (non-hydrogen) atoms. The van der Waals surface area contributed by atoms with Crippen LogP contribution in [0, 0.1) is 5.92 Å². The Hall–Kier alpha value is -0.970. The van der Waals surface area contributed by atoms with E-state index in [0.29, 0.717) is 11.0 Å². The van der Waals surface area contributed by atoms with E-state index in [1.165, 1.54) is 11.3 Å². The number of nitrogens with zero attached hydrogens (tertiary/aromatic N) is 2. The van der Waals surface area contributed by atoms with Gasteiger partial charge in [-0.25, -0.2) is 0 Å². The Labute approximate surface area is 113 Å². The molecule has 0 aliphatic carbocycles. The normalized spacial score (nSPS) is 12.7. The van der Waals surface area contributed by atoms with E-state index < -0.39 is 0 Å². The van der Waals surface area contributed by atoms with Crippen LogP contribution in [0.5, 0.6) is 0 Å². The molecule has 1 atom stereocenters. The molecule has 0 aliphatic heterocycles. The van der Waals surface area contributed by atoms with Gasteiger partial charge in [-0.2, -0.15) is 0 Å². The minimum absolute atomic E-state index is 0.0809. The highest BCUT2D eigenvalue weighted by Gasteiger charge is 2.18. The third kappa shape index (κ3) is 4.37. The van der Waals surface area contributed by atoms with Crippen molar-refractivity contribution in [2.45, 2.75) is 59.3 Å². The minimum atomic E-state index is 0.0809. The standard InChI is InChI=1S/C13H23N3OS/c1-5-7-8-10(6-2)11(17)14-13-16-15-12(18-13)9(3)4/h9-10H,5-8H2,1-4H3,(H,14,16,17). The SMILES string of the molecule is CCCCC(CC)C(=O)Nc1nnc(C(C)C)s1. The van der Waals surface area contributed by atoms with Crippen molar-refractivity contribution in [1.82, 2.24) is 10.2 Å². The number of carbonyl (C=O) groups is 1. The number of carbonyl (C=O) groups excluding carboxylic acids is 1. The smallest absolute Gasteiger partial charge is 0.229 e. The summed E-state index contributed by atoms with van der Waals surface area (Å²) in [6.07, 6.45) is 4.05. The maximum atomic E-state index is 12.1. The van der Waals surface area contributed by atoms with Crippen LogP contribution in [0.3, 0.4) is 0 Å². The summed E-state index contributed by atoms with van der Waals surface area (Å²) in [6.45, 7) is 8.34. The lowest BCUT2D eigenvalue weighted by molar-refractivity contribution is -0.120. The summed E-state index contributed by atoms with van der Waals surface area (Å²) in [5, 5.41) is 12.6. The summed E-state index contributed by atoms with van der Waals surface area (Å²) in [5.74, 6) is 0.531. The van der Waals surface area contributed by atoms with Gasteiger partial charge in [0.1, 0.15) is 5.01 Å². The van der Waals surface area contributed by atoms with Crippen LogP contribution in [0.2, 0.25) is 0 Å². The van der Waals surface area contributed by atoms with Crippen LogP contribution >= 0.6 is 11.3 Å². The highest BCUT2D eigenvalue weighted by atomic mass is 32.1. The molecule has 1 aromatic heterocycles. The number of amides is 1. The van der Waals surface area contributed by atoms with Gasteiger partial charge in [0.2, 0.25) is 11.0 Å². The Balaban J connectivity index is 2.56. The van der Waals surface area contributed by atoms with Crippen LogP contribution in [-0.4, -0.2) is 16.1 Å². The molecule has 1 rings (SSSR count). The van der Waals surface area contributed by atoms with Crippen molar-refractivity contribution in [3.63, 3.8) is 0 Å². The third-order valence-corrected chi connectivity index (χ3v) is 4.07. The van der Waals surface area contributed by atoms with E-state index in [-0.39, 0.29) is 11.8 Å². The molecule has 1 N–H and O–H groups in total. The average molecular weight is 269 g/mol. The highest BCUT2D eigenvalue weighted by molar-refractivity contribution is 7.15. The lowest BCUT2D eigenvalue weighted by atomic mass is 9.99. The maximum absolute atomic E-state index is 12.1. The van der Waals surface area contributed by atoms with E-state index in [2.05, 4.69) is 43.2 Å². The van der Waals surface area contributed by atoms with Gasteiger partial charge in [0.25, 0.3) is 0 Å². The van der Waals surface area contributed by atoms with E-state index >= 15 is 0 Å². The number of aromatic nitrogens is 2. The number of hydrogen-bond acceptors (Lipinski definition) is 4. The van der Waals surface area contributed by atoms with Crippen LogP contribution in [0.25, 0.3) is 0 Å². The monoisotopic (exact) mass is 269 g/mol. The molecule has 0 aliphatic rings. The van der Waals surface area contributed by atoms with Gasteiger partial charge in [0.05, 0.1) is 0 Å². The second kappa shape index (κ2) is 7.46. The highest BCUT2D eigenvalue weighted by Crippen LogP contribution is 2.23. The van der Waals surface area contributed by atoms with E-state index in [1.807, 2.05) is 0 Å². The van der Waals surface area contributed by atoms with Gasteiger partial charge in [0.15, 0.2) is 0 Å². The predicted octanol–water partition coefficient (Wildman–Crippen LogP) is 3.82. The molecule has 1 unspecified atom stereocenters. The second-order valence-corrected chi connectivity index (χ2v) is 5.85. The molecular formula is C13H23N3OS. The topological polar surface area (TPSA) is 54.9 Å². The zero-order valence-corrected chi connectivity index (χ0v) is 12.5. The molecule has 0 spiro atoms. The predicted molar refractivity (Wildman–Crippen MR) is 75.9 cm³/mol. The molecule has 0 saturated carbocycles. The fourth-order valence-electron chi connectivity index (χ4n) is 1.70. The molecular weight excluding hydrogens is 246 g/mol. The molecule has 5 heteroatoms. The Morgan fingerprint density at radius 3 is 2.56 bits per heavy atom. The molecule has 0 aromatic carbocycles. The third-order valence-electron chi connectivity index (χ3n) is 2.93. The number of nitrogens with one attached hydrogen (secondary N) is 1. The summed E-state index contributed by atoms with van der Waals surface area (Å²) >= 11 is 1.47. The number of hydrogen-bond donors (Lipinski definition) is 1. The van der Waals surface area contributed by atoms with Crippen molar-refractivity contribution in [3.05, 3.63) is 5.01 Å². The van der Waals surface area contributed by atoms with Crippen LogP contribution in [0.4, 0.5) is 5.13 Å². The maximum Gasteiger partial charge on any atom is 0.229 e. The zero-order chi connectivity index (χ0) is 13.5. The summed E-state index contributed by atoms with van der Waals surface area (Å²) in [5.41, 5.74) is 0. The molecule has 4 nitrogen and oxygen atoms in total. The fraction of sp³-hybridized carbons (Fsp3) is 0.769. The Bertz CT molecular complexity index is 376. The first-order chi connectivity index (χ1) is 8.58. The molecule has 0 radical (unpaired) electrons. The van der Waals surface area contributed by atoms with Crippen molar-refractivity contribution >= 4 is 22.4 Å². The van der Waals surface area contributed by atoms with Gasteiger partial charge in [-0.1, -0.05) is 51.9 Å². The quantitative estimate of drug-likeness (QED) is 0.818. The average Bonchev–Trinajstić information content (AvgIpc) is 2.78. The van der Waals surface area contributed by atoms with Gasteiger partial charge >= 0.3 is 0 Å². The van der Waals surface area contributed by atoms with E-state index in [4.69, 9.17) is 0 Å².